The van der Waals surface area contributed by atoms with Gasteiger partial charge < -0.3 is 9.90 Å². The van der Waals surface area contributed by atoms with Crippen molar-refractivity contribution in [3.05, 3.63) is 77.3 Å². The lowest BCUT2D eigenvalue weighted by Crippen LogP contribution is -2.21. The maximum absolute atomic E-state index is 11.0. The van der Waals surface area contributed by atoms with E-state index in [0.717, 1.165) is 37.1 Å². The summed E-state index contributed by atoms with van der Waals surface area (Å²) < 4.78 is 1.10. The number of hydrogen-bond donors (Lipinski definition) is 0. The van der Waals surface area contributed by atoms with Gasteiger partial charge in [0.25, 0.3) is 0 Å². The van der Waals surface area contributed by atoms with Gasteiger partial charge in [0.05, 0.1) is 10.2 Å². The first kappa shape index (κ1) is 16.5. The normalized spacial score (nSPS) is 11.9. The summed E-state index contributed by atoms with van der Waals surface area (Å²) in [5.74, 6) is -1.05. The minimum absolute atomic E-state index is 0.0213. The molecule has 0 aliphatic rings. The number of hydrogen-bond acceptors (Lipinski definition) is 4. The lowest BCUT2D eigenvalue weighted by molar-refractivity contribution is -0.305. The third-order valence-corrected chi connectivity index (χ3v) is 5.43. The predicted molar refractivity (Wildman–Crippen MR) is 106 cm³/mol. The van der Waals surface area contributed by atoms with Gasteiger partial charge in [-0.25, -0.2) is 4.98 Å². The van der Waals surface area contributed by atoms with E-state index in [9.17, 15) is 9.90 Å². The van der Waals surface area contributed by atoms with Gasteiger partial charge in [-0.3, -0.25) is 0 Å². The van der Waals surface area contributed by atoms with Crippen molar-refractivity contribution in [2.45, 2.75) is 12.8 Å². The van der Waals surface area contributed by atoms with Crippen molar-refractivity contribution in [3.63, 3.8) is 0 Å². The number of carboxylic acid groups (broad SMARTS) is 1. The van der Waals surface area contributed by atoms with Crippen molar-refractivity contribution in [1.82, 2.24) is 4.98 Å². The summed E-state index contributed by atoms with van der Waals surface area (Å²) in [6.45, 7) is 0. The van der Waals surface area contributed by atoms with Crippen molar-refractivity contribution in [2.24, 2.45) is 0 Å². The summed E-state index contributed by atoms with van der Waals surface area (Å²) in [7, 11) is 0. The van der Waals surface area contributed by atoms with Crippen LogP contribution in [0.5, 0.6) is 0 Å². The Bertz CT molecular complexity index is 1090. The fraction of sp³-hybridized carbons (Fsp3) is 0.0909. The van der Waals surface area contributed by atoms with Crippen LogP contribution >= 0.6 is 11.3 Å². The molecule has 3 nitrogen and oxygen atoms in total. The monoisotopic (exact) mass is 358 g/mol. The fourth-order valence-corrected chi connectivity index (χ4v) is 4.06. The Labute approximate surface area is 155 Å². The second-order valence-corrected chi connectivity index (χ2v) is 7.13. The average molecular weight is 358 g/mol. The molecule has 0 spiro atoms. The molecule has 0 aliphatic carbocycles. The zero-order chi connectivity index (χ0) is 17.9. The molecular formula is C22H16NO2S-. The zero-order valence-corrected chi connectivity index (χ0v) is 14.8. The number of carboxylic acids is 1. The van der Waals surface area contributed by atoms with Crippen LogP contribution in [0.15, 0.2) is 66.7 Å². The first-order valence-corrected chi connectivity index (χ1v) is 9.26. The third kappa shape index (κ3) is 3.37. The highest BCUT2D eigenvalue weighted by Crippen LogP contribution is 2.32. The Morgan fingerprint density at radius 1 is 0.962 bits per heavy atom. The molecule has 0 unspecified atom stereocenters. The van der Waals surface area contributed by atoms with E-state index in [0.29, 0.717) is 6.42 Å². The van der Waals surface area contributed by atoms with Gasteiger partial charge in [-0.15, -0.1) is 11.3 Å². The van der Waals surface area contributed by atoms with Gasteiger partial charge in [0.1, 0.15) is 5.01 Å². The molecule has 0 saturated heterocycles. The molecule has 0 N–H and O–H groups in total. The molecule has 0 aliphatic heterocycles. The smallest absolute Gasteiger partial charge is 0.120 e. The van der Waals surface area contributed by atoms with Gasteiger partial charge >= 0.3 is 0 Å². The molecule has 4 heteroatoms. The lowest BCUT2D eigenvalue weighted by atomic mass is 10.0. The van der Waals surface area contributed by atoms with Crippen LogP contribution in [0.1, 0.15) is 23.4 Å². The van der Waals surface area contributed by atoms with Crippen molar-refractivity contribution >= 4 is 49.9 Å². The topological polar surface area (TPSA) is 53.0 Å². The standard InChI is InChI=1S/C22H17NO2S/c24-21(25)13-12-17(22-23-19-10-3-4-11-20(19)26-22)14-16-8-5-7-15-6-1-2-9-18(15)16/h1-11,14H,12-13H2,(H,24,25)/p-1/b17-14+. The van der Waals surface area contributed by atoms with Crippen LogP contribution in [0.3, 0.4) is 0 Å². The van der Waals surface area contributed by atoms with Gasteiger partial charge in [-0.05, 0) is 53.0 Å². The van der Waals surface area contributed by atoms with Gasteiger partial charge in [0.15, 0.2) is 0 Å². The van der Waals surface area contributed by atoms with Crippen molar-refractivity contribution < 1.29 is 9.90 Å². The Morgan fingerprint density at radius 3 is 2.58 bits per heavy atom. The van der Waals surface area contributed by atoms with E-state index in [1.165, 1.54) is 0 Å². The highest BCUT2D eigenvalue weighted by molar-refractivity contribution is 7.19. The average Bonchev–Trinajstić information content (AvgIpc) is 3.09. The fourth-order valence-electron chi connectivity index (χ4n) is 3.05. The van der Waals surface area contributed by atoms with Gasteiger partial charge in [-0.2, -0.15) is 0 Å². The SMILES string of the molecule is O=C([O-])CC/C(=C\c1cccc2ccccc12)c1nc2ccccc2s1. The number of carbonyl (C=O) groups is 1. The molecule has 1 aromatic heterocycles. The third-order valence-electron chi connectivity index (χ3n) is 4.32. The number of aromatic nitrogens is 1. The number of carbonyl (C=O) groups excluding carboxylic acids is 1. The van der Waals surface area contributed by atoms with Gasteiger partial charge in [0.2, 0.25) is 0 Å². The highest BCUT2D eigenvalue weighted by atomic mass is 32.1. The molecule has 0 atom stereocenters. The highest BCUT2D eigenvalue weighted by Gasteiger charge is 2.10. The summed E-state index contributed by atoms with van der Waals surface area (Å²) in [5.41, 5.74) is 2.92. The Morgan fingerprint density at radius 2 is 1.73 bits per heavy atom. The van der Waals surface area contributed by atoms with Crippen LogP contribution in [0.4, 0.5) is 0 Å². The molecule has 26 heavy (non-hydrogen) atoms. The number of benzene rings is 3. The minimum Gasteiger partial charge on any atom is -0.550 e. The zero-order valence-electron chi connectivity index (χ0n) is 14.0. The van der Waals surface area contributed by atoms with Crippen LogP contribution in [-0.2, 0) is 4.79 Å². The van der Waals surface area contributed by atoms with Crippen molar-refractivity contribution in [1.29, 1.82) is 0 Å². The summed E-state index contributed by atoms with van der Waals surface area (Å²) in [6, 6.07) is 22.3. The number of fused-ring (bicyclic) bond motifs is 2. The van der Waals surface area contributed by atoms with E-state index in [1.54, 1.807) is 11.3 Å². The van der Waals surface area contributed by atoms with E-state index in [1.807, 2.05) is 42.5 Å². The van der Waals surface area contributed by atoms with E-state index in [2.05, 4.69) is 30.3 Å². The summed E-state index contributed by atoms with van der Waals surface area (Å²) in [4.78, 5) is 15.7. The molecule has 0 radical (unpaired) electrons. The Hall–Kier alpha value is -2.98. The number of para-hydroxylation sites is 1. The molecule has 4 rings (SSSR count). The molecule has 1 heterocycles. The lowest BCUT2D eigenvalue weighted by Gasteiger charge is -2.08. The van der Waals surface area contributed by atoms with Gasteiger partial charge in [0, 0.05) is 5.97 Å². The number of nitrogens with zero attached hydrogens (tertiary/aromatic N) is 1. The molecule has 4 aromatic rings. The van der Waals surface area contributed by atoms with Crippen LogP contribution in [0, 0.1) is 0 Å². The molecule has 0 saturated carbocycles. The summed E-state index contributed by atoms with van der Waals surface area (Å²) in [5, 5.41) is 14.2. The molecule has 0 fully saturated rings. The number of allylic oxidation sites excluding steroid dienone is 1. The van der Waals surface area contributed by atoms with E-state index in [-0.39, 0.29) is 6.42 Å². The predicted octanol–water partition coefficient (Wildman–Crippen LogP) is 4.52. The van der Waals surface area contributed by atoms with E-state index in [4.69, 9.17) is 4.98 Å². The molecule has 0 amide bonds. The van der Waals surface area contributed by atoms with Crippen LogP contribution in [-0.4, -0.2) is 11.0 Å². The van der Waals surface area contributed by atoms with Gasteiger partial charge in [-0.1, -0.05) is 54.6 Å². The van der Waals surface area contributed by atoms with Crippen LogP contribution < -0.4 is 5.11 Å². The second-order valence-electron chi connectivity index (χ2n) is 6.10. The molecule has 3 aromatic carbocycles. The molecule has 128 valence electrons. The summed E-state index contributed by atoms with van der Waals surface area (Å²) in [6.07, 6.45) is 2.43. The number of thiazole rings is 1. The Kier molecular flexibility index (Phi) is 4.50. The minimum atomic E-state index is -1.05. The van der Waals surface area contributed by atoms with Crippen LogP contribution in [0.2, 0.25) is 0 Å². The maximum atomic E-state index is 11.0. The van der Waals surface area contributed by atoms with Crippen molar-refractivity contribution in [2.75, 3.05) is 0 Å². The van der Waals surface area contributed by atoms with Crippen LogP contribution in [0.25, 0.3) is 32.6 Å². The van der Waals surface area contributed by atoms with E-state index < -0.39 is 5.97 Å². The Balaban J connectivity index is 1.84. The largest absolute Gasteiger partial charge is 0.550 e. The maximum Gasteiger partial charge on any atom is 0.120 e. The van der Waals surface area contributed by atoms with Crippen molar-refractivity contribution in [3.8, 4) is 0 Å². The van der Waals surface area contributed by atoms with E-state index >= 15 is 0 Å². The number of aliphatic carboxylic acids is 1. The molecule has 0 bridgehead atoms. The number of rotatable bonds is 5. The first-order chi connectivity index (χ1) is 12.7. The summed E-state index contributed by atoms with van der Waals surface area (Å²) >= 11 is 1.59. The second kappa shape index (κ2) is 7.10. The molecular weight excluding hydrogens is 342 g/mol. The first-order valence-electron chi connectivity index (χ1n) is 8.45. The quantitative estimate of drug-likeness (QED) is 0.527.